The van der Waals surface area contributed by atoms with Gasteiger partial charge in [-0.3, -0.25) is 24.7 Å². The standard InChI is InChI=1S/C23H17FN6O4.C22H15FN6O/c24-18-7-2-1-6-17(18)14-8-9-19(27-23(33)34)20(11-14)26-22(32)12-21(31)15-4-3-5-16(10-15)30-13-25-28-29-30;23-18-7-2-1-6-17(18)14-8-9-19-21(11-14)26-22(30)12-20(25-19)15-4-3-5-16(10-15)29-13-24-27-28-29/h1-11,13,27H,12H2,(H,26,32)(H,33,34);1-11,13H,12H2,(H,26,30). The van der Waals surface area contributed by atoms with Gasteiger partial charge < -0.3 is 15.7 Å². The number of halogens is 2. The molecule has 4 N–H and O–H groups in total. The van der Waals surface area contributed by atoms with Crippen molar-refractivity contribution in [2.24, 2.45) is 4.99 Å². The van der Waals surface area contributed by atoms with E-state index in [1.807, 2.05) is 24.3 Å². The number of benzene rings is 6. The molecule has 3 amide bonds. The third-order valence-corrected chi connectivity index (χ3v) is 9.65. The Bertz CT molecular complexity index is 3070. The number of tetrazole rings is 2. The van der Waals surface area contributed by atoms with Gasteiger partial charge >= 0.3 is 6.09 Å². The lowest BCUT2D eigenvalue weighted by Gasteiger charge is -2.13. The summed E-state index contributed by atoms with van der Waals surface area (Å²) in [5, 5.41) is 38.7. The number of hydrogen-bond donors (Lipinski definition) is 4. The van der Waals surface area contributed by atoms with E-state index in [9.17, 15) is 28.0 Å². The van der Waals surface area contributed by atoms with E-state index >= 15 is 0 Å². The van der Waals surface area contributed by atoms with Crippen LogP contribution in [0.4, 0.5) is 36.3 Å². The van der Waals surface area contributed by atoms with E-state index in [-0.39, 0.29) is 40.6 Å². The van der Waals surface area contributed by atoms with E-state index in [0.29, 0.717) is 39.5 Å². The first-order valence-corrected chi connectivity index (χ1v) is 19.2. The number of Topliss-reactive ketones (excluding diaryl/α,β-unsaturated/α-hetero) is 1. The maximum absolute atomic E-state index is 14.2. The van der Waals surface area contributed by atoms with Crippen LogP contribution >= 0.6 is 0 Å². The maximum Gasteiger partial charge on any atom is 0.409 e. The van der Waals surface area contributed by atoms with Crippen LogP contribution in [0.15, 0.2) is 151 Å². The molecule has 3 heterocycles. The van der Waals surface area contributed by atoms with E-state index in [1.165, 1.54) is 52.4 Å². The molecule has 0 saturated heterocycles. The van der Waals surface area contributed by atoms with Crippen LogP contribution in [-0.4, -0.2) is 74.9 Å². The van der Waals surface area contributed by atoms with Crippen molar-refractivity contribution in [3.05, 3.63) is 169 Å². The molecule has 1 aliphatic rings. The largest absolute Gasteiger partial charge is 0.465 e. The predicted molar refractivity (Wildman–Crippen MR) is 231 cm³/mol. The number of rotatable bonds is 10. The Morgan fingerprint density at radius 3 is 1.92 bits per heavy atom. The first-order valence-electron chi connectivity index (χ1n) is 19.2. The highest BCUT2D eigenvalue weighted by molar-refractivity contribution is 6.17. The van der Waals surface area contributed by atoms with Gasteiger partial charge in [-0.05, 0) is 98.2 Å². The van der Waals surface area contributed by atoms with Crippen LogP contribution in [-0.2, 0) is 9.59 Å². The molecular formula is C45H32F2N12O5. The number of carbonyl (C=O) groups excluding carboxylic acids is 3. The highest BCUT2D eigenvalue weighted by atomic mass is 19.1. The number of ketones is 1. The molecule has 0 spiro atoms. The lowest BCUT2D eigenvalue weighted by Crippen LogP contribution is -2.18. The minimum Gasteiger partial charge on any atom is -0.465 e. The van der Waals surface area contributed by atoms with Crippen LogP contribution in [0, 0.1) is 11.6 Å². The van der Waals surface area contributed by atoms with Gasteiger partial charge in [-0.2, -0.15) is 0 Å². The average molecular weight is 859 g/mol. The summed E-state index contributed by atoms with van der Waals surface area (Å²) in [7, 11) is 0. The maximum atomic E-state index is 14.2. The smallest absolute Gasteiger partial charge is 0.409 e. The van der Waals surface area contributed by atoms with Gasteiger partial charge in [0.05, 0.1) is 52.7 Å². The highest BCUT2D eigenvalue weighted by Crippen LogP contribution is 2.35. The molecule has 2 aromatic heterocycles. The van der Waals surface area contributed by atoms with Crippen LogP contribution in [0.5, 0.6) is 0 Å². The lowest BCUT2D eigenvalue weighted by molar-refractivity contribution is -0.116. The van der Waals surface area contributed by atoms with Crippen LogP contribution in [0.3, 0.4) is 0 Å². The van der Waals surface area contributed by atoms with Gasteiger partial charge in [0, 0.05) is 16.7 Å². The molecule has 8 aromatic rings. The lowest BCUT2D eigenvalue weighted by atomic mass is 10.0. The summed E-state index contributed by atoms with van der Waals surface area (Å²) in [6.45, 7) is 0. The number of amides is 3. The molecule has 1 aliphatic heterocycles. The summed E-state index contributed by atoms with van der Waals surface area (Å²) in [4.78, 5) is 53.8. The van der Waals surface area contributed by atoms with Gasteiger partial charge in [0.15, 0.2) is 5.78 Å². The number of hydrogen-bond acceptors (Lipinski definition) is 11. The third kappa shape index (κ3) is 9.74. The van der Waals surface area contributed by atoms with Crippen LogP contribution < -0.4 is 16.0 Å². The molecule has 316 valence electrons. The van der Waals surface area contributed by atoms with E-state index in [1.54, 1.807) is 78.9 Å². The van der Waals surface area contributed by atoms with Gasteiger partial charge in [-0.1, -0.05) is 72.8 Å². The summed E-state index contributed by atoms with van der Waals surface area (Å²) >= 11 is 0. The van der Waals surface area contributed by atoms with Gasteiger partial charge in [0.25, 0.3) is 0 Å². The molecule has 0 fully saturated rings. The molecule has 19 heteroatoms. The number of aliphatic imine (C=N–C) groups is 1. The van der Waals surface area contributed by atoms with E-state index in [2.05, 4.69) is 47.0 Å². The first-order chi connectivity index (χ1) is 31.1. The Hall–Kier alpha value is -9.13. The second-order valence-corrected chi connectivity index (χ2v) is 13.9. The van der Waals surface area contributed by atoms with Crippen molar-refractivity contribution < 1.29 is 33.1 Å². The molecule has 64 heavy (non-hydrogen) atoms. The van der Waals surface area contributed by atoms with Crippen molar-refractivity contribution in [3.8, 4) is 33.6 Å². The molecule has 0 radical (unpaired) electrons. The molecule has 9 rings (SSSR count). The number of carbonyl (C=O) groups is 4. The number of nitrogens with zero attached hydrogens (tertiary/aromatic N) is 9. The Kier molecular flexibility index (Phi) is 12.1. The van der Waals surface area contributed by atoms with Gasteiger partial charge in [0.2, 0.25) is 11.8 Å². The number of nitrogens with one attached hydrogen (secondary N) is 3. The zero-order valence-corrected chi connectivity index (χ0v) is 33.1. The Labute approximate surface area is 361 Å². The minimum atomic E-state index is -1.34. The predicted octanol–water partition coefficient (Wildman–Crippen LogP) is 7.70. The van der Waals surface area contributed by atoms with Crippen molar-refractivity contribution >= 4 is 52.2 Å². The molecule has 0 unspecified atom stereocenters. The summed E-state index contributed by atoms with van der Waals surface area (Å²) < 4.78 is 31.3. The second kappa shape index (κ2) is 18.6. The van der Waals surface area contributed by atoms with Crippen LogP contribution in [0.1, 0.15) is 28.8 Å². The van der Waals surface area contributed by atoms with E-state index in [4.69, 9.17) is 10.1 Å². The van der Waals surface area contributed by atoms with Crippen molar-refractivity contribution in [2.45, 2.75) is 12.8 Å². The van der Waals surface area contributed by atoms with Crippen molar-refractivity contribution in [1.29, 1.82) is 0 Å². The SMILES string of the molecule is O=C(O)Nc1ccc(-c2ccccc2F)cc1NC(=O)CC(=O)c1cccc(-n2cnnn2)c1.O=C1CC(c2cccc(-n3cnnn3)c2)=Nc2ccc(-c3ccccc3F)cc2N1. The first kappa shape index (κ1) is 41.6. The fraction of sp³-hybridized carbons (Fsp3) is 0.0444. The fourth-order valence-corrected chi connectivity index (χ4v) is 6.68. The topological polar surface area (TPSA) is 224 Å². The molecule has 0 aliphatic carbocycles. The van der Waals surface area contributed by atoms with Gasteiger partial charge in [-0.25, -0.2) is 22.9 Å². The van der Waals surface area contributed by atoms with E-state index in [0.717, 1.165) is 11.3 Å². The van der Waals surface area contributed by atoms with Crippen molar-refractivity contribution in [1.82, 2.24) is 40.4 Å². The number of anilines is 3. The number of carboxylic acid groups (broad SMARTS) is 1. The zero-order valence-electron chi connectivity index (χ0n) is 33.1. The normalized spacial score (nSPS) is 11.8. The summed E-state index contributed by atoms with van der Waals surface area (Å²) in [5.41, 5.74) is 6.16. The van der Waals surface area contributed by atoms with Crippen molar-refractivity contribution in [2.75, 3.05) is 16.0 Å². The molecule has 0 atom stereocenters. The minimum absolute atomic E-state index is 0.0778. The number of fused-ring (bicyclic) bond motifs is 1. The molecule has 17 nitrogen and oxygen atoms in total. The quantitative estimate of drug-likeness (QED) is 0.0770. The Morgan fingerprint density at radius 1 is 0.656 bits per heavy atom. The van der Waals surface area contributed by atoms with Crippen LogP contribution in [0.2, 0.25) is 0 Å². The Morgan fingerprint density at radius 2 is 1.28 bits per heavy atom. The summed E-state index contributed by atoms with van der Waals surface area (Å²) in [6, 6.07) is 36.2. The van der Waals surface area contributed by atoms with Crippen molar-refractivity contribution in [3.63, 3.8) is 0 Å². The summed E-state index contributed by atoms with van der Waals surface area (Å²) in [6.07, 6.45) is 1.14. The monoisotopic (exact) mass is 858 g/mol. The fourth-order valence-electron chi connectivity index (χ4n) is 6.68. The second-order valence-electron chi connectivity index (χ2n) is 13.9. The van der Waals surface area contributed by atoms with Crippen LogP contribution in [0.25, 0.3) is 33.6 Å². The average Bonchev–Trinajstić information content (AvgIpc) is 4.02. The number of aromatic nitrogens is 8. The summed E-state index contributed by atoms with van der Waals surface area (Å²) in [5.74, 6) is -2.12. The van der Waals surface area contributed by atoms with Gasteiger partial charge in [0.1, 0.15) is 24.3 Å². The van der Waals surface area contributed by atoms with E-state index < -0.39 is 30.0 Å². The Balaban J connectivity index is 0.000000176. The van der Waals surface area contributed by atoms with Gasteiger partial charge in [-0.15, -0.1) is 10.2 Å². The molecule has 0 bridgehead atoms. The molecular weight excluding hydrogens is 827 g/mol. The molecule has 6 aromatic carbocycles. The molecule has 0 saturated carbocycles. The third-order valence-electron chi connectivity index (χ3n) is 9.65. The zero-order chi connectivity index (χ0) is 44.6. The highest BCUT2D eigenvalue weighted by Gasteiger charge is 2.20.